The maximum Gasteiger partial charge on any atom is 0.0622 e. The van der Waals surface area contributed by atoms with E-state index in [0.717, 1.165) is 13.0 Å². The van der Waals surface area contributed by atoms with Gasteiger partial charge in [-0.3, -0.25) is 0 Å². The molecule has 0 amide bonds. The molecule has 0 aromatic heterocycles. The first-order valence-corrected chi connectivity index (χ1v) is 8.41. The summed E-state index contributed by atoms with van der Waals surface area (Å²) in [4.78, 5) is 2.67. The van der Waals surface area contributed by atoms with Crippen molar-refractivity contribution in [2.24, 2.45) is 0 Å². The molecule has 1 saturated carbocycles. The molecule has 3 rings (SSSR count). The minimum Gasteiger partial charge on any atom is -0.366 e. The maximum absolute atomic E-state index is 8.86. The summed E-state index contributed by atoms with van der Waals surface area (Å²) in [5.74, 6) is 0.658. The van der Waals surface area contributed by atoms with Gasteiger partial charge in [0.2, 0.25) is 0 Å². The molecule has 112 valence electrons. The van der Waals surface area contributed by atoms with Gasteiger partial charge in [0.1, 0.15) is 0 Å². The lowest BCUT2D eigenvalue weighted by Crippen LogP contribution is -2.51. The van der Waals surface area contributed by atoms with Crippen LogP contribution in [-0.4, -0.2) is 12.1 Å². The first-order chi connectivity index (χ1) is 10.2. The van der Waals surface area contributed by atoms with Crippen LogP contribution in [0.4, 0.5) is 5.69 Å². The second-order valence-electron chi connectivity index (χ2n) is 7.01. The van der Waals surface area contributed by atoms with Crippen molar-refractivity contribution in [2.75, 3.05) is 11.4 Å². The molecule has 1 heterocycles. The summed E-state index contributed by atoms with van der Waals surface area (Å²) in [6, 6.07) is 9.25. The van der Waals surface area contributed by atoms with Crippen LogP contribution in [0.5, 0.6) is 0 Å². The van der Waals surface area contributed by atoms with Gasteiger partial charge in [-0.2, -0.15) is 5.26 Å². The minimum absolute atomic E-state index is 0.372. The number of hydrogen-bond acceptors (Lipinski definition) is 2. The standard InChI is InChI=1S/C19H26N2/c1-15-7-8-18-17(13-15)16(2)14-19(9-3-4-10-19)21(18)12-6-5-11-20/h7-8,13,16H,3-6,9-10,12,14H2,1-2H3. The lowest BCUT2D eigenvalue weighted by Gasteiger charge is -2.50. The number of anilines is 1. The molecule has 0 bridgehead atoms. The Morgan fingerprint density at radius 1 is 1.33 bits per heavy atom. The van der Waals surface area contributed by atoms with Crippen molar-refractivity contribution in [3.8, 4) is 6.07 Å². The average Bonchev–Trinajstić information content (AvgIpc) is 2.92. The Morgan fingerprint density at radius 3 is 2.81 bits per heavy atom. The molecule has 1 aromatic rings. The van der Waals surface area contributed by atoms with Gasteiger partial charge in [0.15, 0.2) is 0 Å². The second kappa shape index (κ2) is 5.72. The van der Waals surface area contributed by atoms with Gasteiger partial charge in [-0.1, -0.05) is 37.5 Å². The zero-order chi connectivity index (χ0) is 14.9. The molecule has 1 aliphatic heterocycles. The van der Waals surface area contributed by atoms with Crippen molar-refractivity contribution >= 4 is 5.69 Å². The molecule has 1 aromatic carbocycles. The van der Waals surface area contributed by atoms with Crippen molar-refractivity contribution in [1.29, 1.82) is 5.26 Å². The molecular weight excluding hydrogens is 256 g/mol. The van der Waals surface area contributed by atoms with E-state index in [1.807, 2.05) is 0 Å². The van der Waals surface area contributed by atoms with Crippen LogP contribution < -0.4 is 4.90 Å². The predicted octanol–water partition coefficient (Wildman–Crippen LogP) is 4.93. The summed E-state index contributed by atoms with van der Waals surface area (Å²) >= 11 is 0. The van der Waals surface area contributed by atoms with Crippen LogP contribution in [0.3, 0.4) is 0 Å². The van der Waals surface area contributed by atoms with Gasteiger partial charge >= 0.3 is 0 Å². The molecule has 2 aliphatic rings. The van der Waals surface area contributed by atoms with E-state index in [1.54, 1.807) is 0 Å². The molecule has 0 radical (unpaired) electrons. The van der Waals surface area contributed by atoms with Crippen molar-refractivity contribution in [3.63, 3.8) is 0 Å². The fourth-order valence-electron chi connectivity index (χ4n) is 4.54. The summed E-state index contributed by atoms with van der Waals surface area (Å²) in [7, 11) is 0. The summed E-state index contributed by atoms with van der Waals surface area (Å²) in [6.45, 7) is 5.62. The van der Waals surface area contributed by atoms with Crippen LogP contribution in [0.1, 0.15) is 68.9 Å². The Morgan fingerprint density at radius 2 is 2.10 bits per heavy atom. The maximum atomic E-state index is 8.86. The first kappa shape index (κ1) is 14.4. The summed E-state index contributed by atoms with van der Waals surface area (Å²) in [5.41, 5.74) is 4.69. The number of benzene rings is 1. The van der Waals surface area contributed by atoms with E-state index in [1.165, 1.54) is 48.9 Å². The minimum atomic E-state index is 0.372. The lowest BCUT2D eigenvalue weighted by molar-refractivity contribution is 0.325. The number of rotatable bonds is 3. The quantitative estimate of drug-likeness (QED) is 0.735. The zero-order valence-electron chi connectivity index (χ0n) is 13.4. The van der Waals surface area contributed by atoms with Crippen molar-refractivity contribution in [2.45, 2.75) is 70.3 Å². The third-order valence-electron chi connectivity index (χ3n) is 5.47. The van der Waals surface area contributed by atoms with Crippen LogP contribution in [0.2, 0.25) is 0 Å². The van der Waals surface area contributed by atoms with Gasteiger partial charge in [0.25, 0.3) is 0 Å². The van der Waals surface area contributed by atoms with E-state index >= 15 is 0 Å². The third-order valence-corrected chi connectivity index (χ3v) is 5.47. The van der Waals surface area contributed by atoms with Gasteiger partial charge in [-0.05, 0) is 50.2 Å². The van der Waals surface area contributed by atoms with E-state index in [9.17, 15) is 0 Å². The van der Waals surface area contributed by atoms with Gasteiger partial charge in [0.05, 0.1) is 6.07 Å². The third kappa shape index (κ3) is 2.55. The molecule has 1 atom stereocenters. The Kier molecular flexibility index (Phi) is 3.93. The Balaban J connectivity index is 1.98. The number of nitriles is 1. The van der Waals surface area contributed by atoms with Crippen molar-refractivity contribution < 1.29 is 0 Å². The molecule has 2 nitrogen and oxygen atoms in total. The largest absolute Gasteiger partial charge is 0.366 e. The van der Waals surface area contributed by atoms with Gasteiger partial charge in [-0.25, -0.2) is 0 Å². The number of hydrogen-bond donors (Lipinski definition) is 0. The molecular formula is C19H26N2. The fraction of sp³-hybridized carbons (Fsp3) is 0.632. The van der Waals surface area contributed by atoms with Crippen LogP contribution in [0.25, 0.3) is 0 Å². The Hall–Kier alpha value is -1.49. The van der Waals surface area contributed by atoms with E-state index in [-0.39, 0.29) is 0 Å². The molecule has 1 fully saturated rings. The van der Waals surface area contributed by atoms with E-state index in [0.29, 0.717) is 17.9 Å². The SMILES string of the molecule is Cc1ccc2c(c1)C(C)CC1(CCCC1)N2CCCC#N. The molecule has 1 spiro atoms. The zero-order valence-corrected chi connectivity index (χ0v) is 13.4. The van der Waals surface area contributed by atoms with E-state index < -0.39 is 0 Å². The topological polar surface area (TPSA) is 27.0 Å². The molecule has 21 heavy (non-hydrogen) atoms. The van der Waals surface area contributed by atoms with Gasteiger partial charge in [0, 0.05) is 24.2 Å². The number of unbranched alkanes of at least 4 members (excludes halogenated alkanes) is 1. The number of aryl methyl sites for hydroxylation is 1. The van der Waals surface area contributed by atoms with Crippen molar-refractivity contribution in [1.82, 2.24) is 0 Å². The highest BCUT2D eigenvalue weighted by Gasteiger charge is 2.44. The Bertz CT molecular complexity index is 549. The molecule has 0 N–H and O–H groups in total. The highest BCUT2D eigenvalue weighted by molar-refractivity contribution is 5.61. The van der Waals surface area contributed by atoms with Gasteiger partial charge in [-0.15, -0.1) is 0 Å². The van der Waals surface area contributed by atoms with Crippen LogP contribution >= 0.6 is 0 Å². The second-order valence-corrected chi connectivity index (χ2v) is 7.01. The Labute approximate surface area is 128 Å². The normalized spacial score (nSPS) is 23.1. The fourth-order valence-corrected chi connectivity index (χ4v) is 4.54. The van der Waals surface area contributed by atoms with Crippen LogP contribution in [-0.2, 0) is 0 Å². The smallest absolute Gasteiger partial charge is 0.0622 e. The lowest BCUT2D eigenvalue weighted by atomic mass is 9.76. The molecule has 1 aliphatic carbocycles. The predicted molar refractivity (Wildman–Crippen MR) is 87.6 cm³/mol. The van der Waals surface area contributed by atoms with E-state index in [2.05, 4.69) is 43.0 Å². The van der Waals surface area contributed by atoms with Crippen LogP contribution in [0, 0.1) is 18.3 Å². The first-order valence-electron chi connectivity index (χ1n) is 8.41. The summed E-state index contributed by atoms with van der Waals surface area (Å²) < 4.78 is 0. The number of fused-ring (bicyclic) bond motifs is 1. The monoisotopic (exact) mass is 282 g/mol. The van der Waals surface area contributed by atoms with Gasteiger partial charge < -0.3 is 4.90 Å². The molecule has 0 saturated heterocycles. The summed E-state index contributed by atoms with van der Waals surface area (Å²) in [5, 5.41) is 8.86. The van der Waals surface area contributed by atoms with Crippen molar-refractivity contribution in [3.05, 3.63) is 29.3 Å². The average molecular weight is 282 g/mol. The van der Waals surface area contributed by atoms with E-state index in [4.69, 9.17) is 5.26 Å². The highest BCUT2D eigenvalue weighted by Crippen LogP contribution is 2.50. The summed E-state index contributed by atoms with van der Waals surface area (Å²) in [6.07, 6.45) is 8.33. The number of nitrogens with zero attached hydrogens (tertiary/aromatic N) is 2. The molecule has 1 unspecified atom stereocenters. The molecule has 2 heteroatoms. The highest BCUT2D eigenvalue weighted by atomic mass is 15.2. The van der Waals surface area contributed by atoms with Crippen LogP contribution in [0.15, 0.2) is 18.2 Å².